The molecule has 0 heterocycles. The average molecular weight is 303 g/mol. The Morgan fingerprint density at radius 2 is 1.70 bits per heavy atom. The molecule has 0 bridgehead atoms. The number of hydrogen-bond donors (Lipinski definition) is 0. The highest BCUT2D eigenvalue weighted by Gasteiger charge is 2.33. The largest absolute Gasteiger partial charge is 0.120 e. The first-order valence-electron chi connectivity index (χ1n) is 6.58. The Balaban J connectivity index is 2.65. The molecule has 0 aliphatic heterocycles. The molecule has 1 unspecified atom stereocenters. The van der Waals surface area contributed by atoms with E-state index in [9.17, 15) is 0 Å². The van der Waals surface area contributed by atoms with Gasteiger partial charge in [0.2, 0.25) is 0 Å². The quantitative estimate of drug-likeness (QED) is 0.634. The highest BCUT2D eigenvalue weighted by Crippen LogP contribution is 2.42. The lowest BCUT2D eigenvalue weighted by Gasteiger charge is -2.33. The Labute approximate surface area is 130 Å². The van der Waals surface area contributed by atoms with Crippen molar-refractivity contribution in [1.29, 1.82) is 0 Å². The molecule has 1 atom stereocenters. The Bertz CT molecular complexity index is 623. The molecule has 2 rings (SSSR count). The van der Waals surface area contributed by atoms with Crippen molar-refractivity contribution < 1.29 is 0 Å². The van der Waals surface area contributed by atoms with Crippen molar-refractivity contribution in [2.24, 2.45) is 0 Å². The van der Waals surface area contributed by atoms with E-state index in [1.165, 1.54) is 0 Å². The SMILES string of the molecule is C#CCC(CC)(c1ccc(Cl)cc1)c1ccccc1Cl. The number of halogens is 2. The van der Waals surface area contributed by atoms with Crippen molar-refractivity contribution in [3.05, 3.63) is 69.7 Å². The summed E-state index contributed by atoms with van der Waals surface area (Å²) in [6, 6.07) is 15.8. The minimum absolute atomic E-state index is 0.266. The van der Waals surface area contributed by atoms with Crippen molar-refractivity contribution in [3.8, 4) is 12.3 Å². The molecule has 0 spiro atoms. The minimum Gasteiger partial charge on any atom is -0.120 e. The smallest absolute Gasteiger partial charge is 0.0447 e. The van der Waals surface area contributed by atoms with E-state index < -0.39 is 0 Å². The fraction of sp³-hybridized carbons (Fsp3) is 0.222. The van der Waals surface area contributed by atoms with Gasteiger partial charge in [-0.1, -0.05) is 60.5 Å². The molecule has 0 nitrogen and oxygen atoms in total. The van der Waals surface area contributed by atoms with Gasteiger partial charge in [-0.2, -0.15) is 0 Å². The van der Waals surface area contributed by atoms with Crippen LogP contribution in [-0.2, 0) is 5.41 Å². The van der Waals surface area contributed by atoms with Crippen LogP contribution in [0.3, 0.4) is 0 Å². The van der Waals surface area contributed by atoms with E-state index in [1.807, 2.05) is 42.5 Å². The van der Waals surface area contributed by atoms with E-state index in [-0.39, 0.29) is 5.41 Å². The Morgan fingerprint density at radius 3 is 2.25 bits per heavy atom. The molecule has 0 aliphatic carbocycles. The summed E-state index contributed by atoms with van der Waals surface area (Å²) in [5, 5.41) is 1.47. The summed E-state index contributed by atoms with van der Waals surface area (Å²) in [4.78, 5) is 0. The van der Waals surface area contributed by atoms with Gasteiger partial charge >= 0.3 is 0 Å². The average Bonchev–Trinajstić information content (AvgIpc) is 2.47. The van der Waals surface area contributed by atoms with Gasteiger partial charge in [-0.25, -0.2) is 0 Å². The van der Waals surface area contributed by atoms with Crippen LogP contribution < -0.4 is 0 Å². The molecule has 0 aromatic heterocycles. The summed E-state index contributed by atoms with van der Waals surface area (Å²) < 4.78 is 0. The lowest BCUT2D eigenvalue weighted by molar-refractivity contribution is 0.510. The summed E-state index contributed by atoms with van der Waals surface area (Å²) in [6.45, 7) is 2.13. The fourth-order valence-corrected chi connectivity index (χ4v) is 3.11. The third-order valence-electron chi connectivity index (χ3n) is 3.79. The fourth-order valence-electron chi connectivity index (χ4n) is 2.66. The number of terminal acetylenes is 1. The maximum atomic E-state index is 6.41. The van der Waals surface area contributed by atoms with Crippen LogP contribution in [0.15, 0.2) is 48.5 Å². The van der Waals surface area contributed by atoms with Crippen LogP contribution in [0, 0.1) is 12.3 Å². The van der Waals surface area contributed by atoms with Crippen LogP contribution in [0.5, 0.6) is 0 Å². The summed E-state index contributed by atoms with van der Waals surface area (Å²) in [6.07, 6.45) is 7.11. The van der Waals surface area contributed by atoms with Crippen molar-refractivity contribution in [1.82, 2.24) is 0 Å². The van der Waals surface area contributed by atoms with Gasteiger partial charge in [0.1, 0.15) is 0 Å². The number of rotatable bonds is 4. The molecule has 2 aromatic carbocycles. The molecular weight excluding hydrogens is 287 g/mol. The van der Waals surface area contributed by atoms with Gasteiger partial charge in [-0.3, -0.25) is 0 Å². The van der Waals surface area contributed by atoms with Crippen molar-refractivity contribution >= 4 is 23.2 Å². The van der Waals surface area contributed by atoms with Crippen molar-refractivity contribution in [3.63, 3.8) is 0 Å². The van der Waals surface area contributed by atoms with Crippen LogP contribution in [0.2, 0.25) is 10.0 Å². The summed E-state index contributed by atoms with van der Waals surface area (Å²) in [5.74, 6) is 2.81. The molecule has 0 saturated carbocycles. The van der Waals surface area contributed by atoms with E-state index in [4.69, 9.17) is 29.6 Å². The predicted molar refractivity (Wildman–Crippen MR) is 87.4 cm³/mol. The molecule has 0 amide bonds. The molecule has 0 saturated heterocycles. The van der Waals surface area contributed by atoms with Crippen LogP contribution >= 0.6 is 23.2 Å². The third kappa shape index (κ3) is 2.70. The first kappa shape index (κ1) is 15.0. The van der Waals surface area contributed by atoms with Crippen molar-refractivity contribution in [2.45, 2.75) is 25.2 Å². The van der Waals surface area contributed by atoms with Gasteiger partial charge in [-0.05, 0) is 35.7 Å². The highest BCUT2D eigenvalue weighted by atomic mass is 35.5. The molecule has 20 heavy (non-hydrogen) atoms. The summed E-state index contributed by atoms with van der Waals surface area (Å²) in [7, 11) is 0. The maximum absolute atomic E-state index is 6.41. The van der Waals surface area contributed by atoms with Crippen molar-refractivity contribution in [2.75, 3.05) is 0 Å². The third-order valence-corrected chi connectivity index (χ3v) is 4.38. The zero-order valence-corrected chi connectivity index (χ0v) is 12.9. The second-order valence-electron chi connectivity index (χ2n) is 4.80. The van der Waals surface area contributed by atoms with E-state index in [1.54, 1.807) is 0 Å². The zero-order chi connectivity index (χ0) is 14.6. The number of benzene rings is 2. The topological polar surface area (TPSA) is 0 Å². The van der Waals surface area contributed by atoms with Gasteiger partial charge in [0.15, 0.2) is 0 Å². The van der Waals surface area contributed by atoms with Gasteiger partial charge in [-0.15, -0.1) is 12.3 Å². The van der Waals surface area contributed by atoms with Gasteiger partial charge in [0, 0.05) is 21.9 Å². The minimum atomic E-state index is -0.266. The molecule has 0 radical (unpaired) electrons. The first-order valence-corrected chi connectivity index (χ1v) is 7.34. The van der Waals surface area contributed by atoms with E-state index in [0.29, 0.717) is 6.42 Å². The van der Waals surface area contributed by atoms with Crippen LogP contribution in [0.25, 0.3) is 0 Å². The maximum Gasteiger partial charge on any atom is 0.0447 e. The molecule has 0 aliphatic rings. The molecule has 2 aromatic rings. The van der Waals surface area contributed by atoms with E-state index in [0.717, 1.165) is 27.6 Å². The molecule has 2 heteroatoms. The van der Waals surface area contributed by atoms with Crippen LogP contribution in [0.4, 0.5) is 0 Å². The van der Waals surface area contributed by atoms with Crippen LogP contribution in [-0.4, -0.2) is 0 Å². The second-order valence-corrected chi connectivity index (χ2v) is 5.65. The van der Waals surface area contributed by atoms with E-state index in [2.05, 4.69) is 18.9 Å². The zero-order valence-electron chi connectivity index (χ0n) is 11.4. The van der Waals surface area contributed by atoms with Gasteiger partial charge in [0.25, 0.3) is 0 Å². The molecule has 102 valence electrons. The Kier molecular flexibility index (Phi) is 4.76. The van der Waals surface area contributed by atoms with Gasteiger partial charge < -0.3 is 0 Å². The number of hydrogen-bond acceptors (Lipinski definition) is 0. The Morgan fingerprint density at radius 1 is 1.05 bits per heavy atom. The monoisotopic (exact) mass is 302 g/mol. The normalized spacial score (nSPS) is 13.5. The Hall–Kier alpha value is -1.42. The molecular formula is C18H16Cl2. The van der Waals surface area contributed by atoms with Gasteiger partial charge in [0.05, 0.1) is 0 Å². The highest BCUT2D eigenvalue weighted by molar-refractivity contribution is 6.31. The van der Waals surface area contributed by atoms with Crippen LogP contribution in [0.1, 0.15) is 30.9 Å². The lowest BCUT2D eigenvalue weighted by atomic mass is 9.70. The lowest BCUT2D eigenvalue weighted by Crippen LogP contribution is -2.27. The molecule has 0 N–H and O–H groups in total. The summed E-state index contributed by atoms with van der Waals surface area (Å²) >= 11 is 12.4. The predicted octanol–water partition coefficient (Wildman–Crippen LogP) is 5.71. The second kappa shape index (κ2) is 6.35. The molecule has 0 fully saturated rings. The van der Waals surface area contributed by atoms with E-state index >= 15 is 0 Å². The standard InChI is InChI=1S/C18H16Cl2/c1-3-13-18(4-2,14-9-11-15(19)12-10-14)16-7-5-6-8-17(16)20/h1,5-12H,4,13H2,2H3. The summed E-state index contributed by atoms with van der Waals surface area (Å²) in [5.41, 5.74) is 1.96. The first-order chi connectivity index (χ1) is 9.64.